The van der Waals surface area contributed by atoms with Gasteiger partial charge in [-0.3, -0.25) is 0 Å². The number of hydrogen-bond acceptors (Lipinski definition) is 2. The third-order valence-electron chi connectivity index (χ3n) is 2.91. The Hall–Kier alpha value is -0.830. The van der Waals surface area contributed by atoms with Crippen molar-refractivity contribution in [3.63, 3.8) is 0 Å². The van der Waals surface area contributed by atoms with Crippen LogP contribution in [-0.4, -0.2) is 6.04 Å². The molecule has 3 heteroatoms. The van der Waals surface area contributed by atoms with Crippen molar-refractivity contribution >= 4 is 23.7 Å². The van der Waals surface area contributed by atoms with Crippen molar-refractivity contribution in [2.24, 2.45) is 0 Å². The summed E-state index contributed by atoms with van der Waals surface area (Å²) in [5.74, 6) is 0. The molecule has 1 aromatic heterocycles. The molecule has 1 nitrogen and oxygen atoms in total. The zero-order valence-corrected chi connectivity index (χ0v) is 12.3. The van der Waals surface area contributed by atoms with E-state index >= 15 is 0 Å². The summed E-state index contributed by atoms with van der Waals surface area (Å²) in [6.07, 6.45) is 2.34. The van der Waals surface area contributed by atoms with Crippen LogP contribution in [0.5, 0.6) is 0 Å². The average molecular weight is 282 g/mol. The minimum atomic E-state index is 0. The van der Waals surface area contributed by atoms with Crippen molar-refractivity contribution in [2.45, 2.75) is 32.4 Å². The van der Waals surface area contributed by atoms with Gasteiger partial charge in [0, 0.05) is 17.5 Å². The molecule has 0 spiro atoms. The van der Waals surface area contributed by atoms with Crippen molar-refractivity contribution in [2.75, 3.05) is 0 Å². The van der Waals surface area contributed by atoms with Crippen LogP contribution in [0, 0.1) is 0 Å². The first kappa shape index (κ1) is 15.2. The molecule has 1 atom stereocenters. The molecule has 1 heterocycles. The number of aryl methyl sites for hydroxylation is 1. The number of halogens is 1. The fourth-order valence-electron chi connectivity index (χ4n) is 1.82. The Balaban J connectivity index is 0.00000162. The topological polar surface area (TPSA) is 12.0 Å². The fourth-order valence-corrected chi connectivity index (χ4v) is 2.47. The summed E-state index contributed by atoms with van der Waals surface area (Å²) < 4.78 is 0. The van der Waals surface area contributed by atoms with Gasteiger partial charge < -0.3 is 5.32 Å². The number of nitrogens with one attached hydrogen (secondary N) is 1. The Kier molecular flexibility index (Phi) is 7.02. The number of benzene rings is 1. The summed E-state index contributed by atoms with van der Waals surface area (Å²) in [5.41, 5.74) is 1.43. The minimum absolute atomic E-state index is 0. The molecule has 0 radical (unpaired) electrons. The highest BCUT2D eigenvalue weighted by Gasteiger charge is 2.02. The summed E-state index contributed by atoms with van der Waals surface area (Å²) in [6, 6.07) is 15.5. The van der Waals surface area contributed by atoms with Gasteiger partial charge in [0.1, 0.15) is 0 Å². The Morgan fingerprint density at radius 1 is 1.11 bits per heavy atom. The van der Waals surface area contributed by atoms with Crippen LogP contribution in [0.3, 0.4) is 0 Å². The Labute approximate surface area is 120 Å². The first-order valence-corrected chi connectivity index (χ1v) is 7.02. The molecular formula is C15H20ClNS. The van der Waals surface area contributed by atoms with Gasteiger partial charge in [0.25, 0.3) is 0 Å². The maximum Gasteiger partial charge on any atom is 0.0302 e. The largest absolute Gasteiger partial charge is 0.309 e. The summed E-state index contributed by atoms with van der Waals surface area (Å²) in [7, 11) is 0. The van der Waals surface area contributed by atoms with Crippen LogP contribution in [-0.2, 0) is 13.0 Å². The summed E-state index contributed by atoms with van der Waals surface area (Å²) >= 11 is 1.82. The standard InChI is InChI=1S/C15H19NS.ClH/c1-13(16-12-15-8-5-11-17-15)9-10-14-6-3-2-4-7-14;/h2-8,11,13,16H,9-10,12H2,1H3;1H. The molecule has 0 saturated carbocycles. The van der Waals surface area contributed by atoms with Gasteiger partial charge in [-0.05, 0) is 36.8 Å². The first-order valence-electron chi connectivity index (χ1n) is 6.14. The molecule has 0 aliphatic rings. The van der Waals surface area contributed by atoms with Gasteiger partial charge in [0.15, 0.2) is 0 Å². The van der Waals surface area contributed by atoms with Crippen molar-refractivity contribution in [1.82, 2.24) is 5.32 Å². The predicted molar refractivity (Wildman–Crippen MR) is 82.6 cm³/mol. The van der Waals surface area contributed by atoms with E-state index in [0.717, 1.165) is 13.0 Å². The maximum atomic E-state index is 3.57. The van der Waals surface area contributed by atoms with Gasteiger partial charge in [-0.1, -0.05) is 36.4 Å². The van der Waals surface area contributed by atoms with Crippen molar-refractivity contribution < 1.29 is 0 Å². The van der Waals surface area contributed by atoms with Gasteiger partial charge >= 0.3 is 0 Å². The lowest BCUT2D eigenvalue weighted by Gasteiger charge is -2.12. The van der Waals surface area contributed by atoms with Gasteiger partial charge in [0.05, 0.1) is 0 Å². The Bertz CT molecular complexity index is 413. The maximum absolute atomic E-state index is 3.57. The number of rotatable bonds is 6. The predicted octanol–water partition coefficient (Wildman–Crippen LogP) is 4.28. The highest BCUT2D eigenvalue weighted by Crippen LogP contribution is 2.09. The van der Waals surface area contributed by atoms with E-state index in [1.165, 1.54) is 16.9 Å². The highest BCUT2D eigenvalue weighted by molar-refractivity contribution is 7.09. The van der Waals surface area contributed by atoms with Gasteiger partial charge in [-0.2, -0.15) is 0 Å². The lowest BCUT2D eigenvalue weighted by molar-refractivity contribution is 0.517. The normalized spacial score (nSPS) is 11.8. The minimum Gasteiger partial charge on any atom is -0.309 e. The zero-order valence-electron chi connectivity index (χ0n) is 10.6. The number of thiophene rings is 1. The van der Waals surface area contributed by atoms with E-state index in [-0.39, 0.29) is 12.4 Å². The molecule has 0 bridgehead atoms. The average Bonchev–Trinajstić information content (AvgIpc) is 2.88. The second-order valence-electron chi connectivity index (χ2n) is 4.39. The molecular weight excluding hydrogens is 262 g/mol. The van der Waals surface area contributed by atoms with Crippen LogP contribution >= 0.6 is 23.7 Å². The van der Waals surface area contributed by atoms with E-state index in [9.17, 15) is 0 Å². The first-order chi connectivity index (χ1) is 8.34. The molecule has 0 saturated heterocycles. The van der Waals surface area contributed by atoms with Gasteiger partial charge in [-0.15, -0.1) is 23.7 Å². The molecule has 1 N–H and O–H groups in total. The smallest absolute Gasteiger partial charge is 0.0302 e. The molecule has 0 aliphatic carbocycles. The van der Waals surface area contributed by atoms with E-state index in [0.29, 0.717) is 6.04 Å². The van der Waals surface area contributed by atoms with Gasteiger partial charge in [-0.25, -0.2) is 0 Å². The van der Waals surface area contributed by atoms with E-state index < -0.39 is 0 Å². The Morgan fingerprint density at radius 2 is 1.89 bits per heavy atom. The zero-order chi connectivity index (χ0) is 11.9. The molecule has 18 heavy (non-hydrogen) atoms. The molecule has 98 valence electrons. The van der Waals surface area contributed by atoms with E-state index in [1.54, 1.807) is 0 Å². The van der Waals surface area contributed by atoms with Gasteiger partial charge in [0.2, 0.25) is 0 Å². The van der Waals surface area contributed by atoms with Crippen LogP contribution in [0.2, 0.25) is 0 Å². The number of hydrogen-bond donors (Lipinski definition) is 1. The molecule has 1 unspecified atom stereocenters. The second-order valence-corrected chi connectivity index (χ2v) is 5.42. The SMILES string of the molecule is CC(CCc1ccccc1)NCc1cccs1.Cl. The van der Waals surface area contributed by atoms with Crippen LogP contribution < -0.4 is 5.32 Å². The lowest BCUT2D eigenvalue weighted by Crippen LogP contribution is -2.25. The van der Waals surface area contributed by atoms with Crippen LogP contribution in [0.4, 0.5) is 0 Å². The molecule has 2 aromatic rings. The molecule has 2 rings (SSSR count). The fraction of sp³-hybridized carbons (Fsp3) is 0.333. The van der Waals surface area contributed by atoms with E-state index in [1.807, 2.05) is 11.3 Å². The molecule has 0 fully saturated rings. The summed E-state index contributed by atoms with van der Waals surface area (Å²) in [4.78, 5) is 1.41. The highest BCUT2D eigenvalue weighted by atomic mass is 35.5. The monoisotopic (exact) mass is 281 g/mol. The molecule has 0 aliphatic heterocycles. The lowest BCUT2D eigenvalue weighted by atomic mass is 10.1. The molecule has 1 aromatic carbocycles. The van der Waals surface area contributed by atoms with Crippen molar-refractivity contribution in [1.29, 1.82) is 0 Å². The van der Waals surface area contributed by atoms with Crippen molar-refractivity contribution in [3.05, 3.63) is 58.3 Å². The van der Waals surface area contributed by atoms with E-state index in [2.05, 4.69) is 60.1 Å². The third kappa shape index (κ3) is 5.21. The van der Waals surface area contributed by atoms with E-state index in [4.69, 9.17) is 0 Å². The quantitative estimate of drug-likeness (QED) is 0.833. The summed E-state index contributed by atoms with van der Waals surface area (Å²) in [5, 5.41) is 5.70. The van der Waals surface area contributed by atoms with Crippen molar-refractivity contribution in [3.8, 4) is 0 Å². The molecule has 0 amide bonds. The summed E-state index contributed by atoms with van der Waals surface area (Å²) in [6.45, 7) is 3.25. The third-order valence-corrected chi connectivity index (χ3v) is 3.79. The van der Waals surface area contributed by atoms with Crippen LogP contribution in [0.25, 0.3) is 0 Å². The second kappa shape index (κ2) is 8.30. The van der Waals surface area contributed by atoms with Crippen LogP contribution in [0.1, 0.15) is 23.8 Å². The van der Waals surface area contributed by atoms with Crippen LogP contribution in [0.15, 0.2) is 47.8 Å². The Morgan fingerprint density at radius 3 is 2.56 bits per heavy atom.